The van der Waals surface area contributed by atoms with Gasteiger partial charge in [-0.2, -0.15) is 18.3 Å². The quantitative estimate of drug-likeness (QED) is 0.0845. The monoisotopic (exact) mass is 738 g/mol. The van der Waals surface area contributed by atoms with Crippen LogP contribution in [0.15, 0.2) is 64.8 Å². The predicted molar refractivity (Wildman–Crippen MR) is 171 cm³/mol. The van der Waals surface area contributed by atoms with Gasteiger partial charge in [0.05, 0.1) is 52.8 Å². The Hall–Kier alpha value is -5.20. The maximum Gasteiger partial charge on any atom is 0.435 e. The normalized spacial score (nSPS) is 14.7. The van der Waals surface area contributed by atoms with Crippen molar-refractivity contribution in [2.45, 2.75) is 64.8 Å². The highest BCUT2D eigenvalue weighted by Gasteiger charge is 2.36. The van der Waals surface area contributed by atoms with E-state index in [1.807, 2.05) is 11.6 Å². The Balaban J connectivity index is 1.24. The summed E-state index contributed by atoms with van der Waals surface area (Å²) in [6.45, 7) is 8.48. The zero-order chi connectivity index (χ0) is 37.7. The average molecular weight is 739 g/mol. The molecule has 1 aliphatic rings. The lowest BCUT2D eigenvalue weighted by Gasteiger charge is -2.33. The summed E-state index contributed by atoms with van der Waals surface area (Å²) in [5.74, 6) is -2.51. The van der Waals surface area contributed by atoms with Crippen molar-refractivity contribution in [1.29, 1.82) is 0 Å². The molecule has 0 aliphatic carbocycles. The van der Waals surface area contributed by atoms with Gasteiger partial charge in [-0.05, 0) is 58.0 Å². The van der Waals surface area contributed by atoms with E-state index in [-0.39, 0.29) is 46.9 Å². The predicted octanol–water partition coefficient (Wildman–Crippen LogP) is 4.67. The van der Waals surface area contributed by atoms with Gasteiger partial charge in [0, 0.05) is 24.8 Å². The highest BCUT2D eigenvalue weighted by atomic mass is 32.2. The Morgan fingerprint density at radius 1 is 1.06 bits per heavy atom. The zero-order valence-electron chi connectivity index (χ0n) is 28.3. The van der Waals surface area contributed by atoms with E-state index in [0.717, 1.165) is 28.4 Å². The third kappa shape index (κ3) is 10.4. The Morgan fingerprint density at radius 2 is 1.69 bits per heavy atom. The first kappa shape index (κ1) is 38.6. The number of ether oxygens (including phenoxy) is 2. The maximum absolute atomic E-state index is 13.5. The molecule has 4 rings (SSSR count). The number of benzene rings is 2. The van der Waals surface area contributed by atoms with Crippen molar-refractivity contribution >= 4 is 27.9 Å². The molecule has 2 heterocycles. The number of rotatable bonds is 13. The van der Waals surface area contributed by atoms with Crippen LogP contribution in [0.5, 0.6) is 0 Å². The van der Waals surface area contributed by atoms with Gasteiger partial charge in [0.15, 0.2) is 5.69 Å². The fourth-order valence-electron chi connectivity index (χ4n) is 4.47. The number of carbonyl (C=O) groups excluding carboxylic acids is 3. The van der Waals surface area contributed by atoms with E-state index in [1.54, 1.807) is 45.0 Å². The number of halogens is 3. The number of sulfonamides is 1. The molecule has 1 fully saturated rings. The second-order valence-electron chi connectivity index (χ2n) is 12.8. The van der Waals surface area contributed by atoms with Crippen LogP contribution in [0, 0.1) is 23.5 Å². The molecule has 1 saturated heterocycles. The summed E-state index contributed by atoms with van der Waals surface area (Å²) in [5, 5.41) is 20.3. The molecule has 276 valence electrons. The molecule has 1 aliphatic heterocycles. The number of nitrogens with one attached hydrogen (secondary N) is 1. The van der Waals surface area contributed by atoms with Crippen molar-refractivity contribution in [2.75, 3.05) is 19.7 Å². The number of hydrogen-bond acceptors (Lipinski definition) is 11. The number of nitrogens with zero attached hydrogens (tertiary/aromatic N) is 5. The molecule has 51 heavy (non-hydrogen) atoms. The maximum atomic E-state index is 13.5. The molecule has 19 heteroatoms. The SMILES string of the molecule is Cc1ccc(-c2cc(C(F)(F)F)nn2-c2ccc(S(=O)(=O)NC(=O)CCC(=O)OCC3CN([N+]([O-])=NOC(C)OC(=O)C(C)(C)C)C3)cc2)cc1. The van der Waals surface area contributed by atoms with Crippen molar-refractivity contribution in [2.24, 2.45) is 16.6 Å². The van der Waals surface area contributed by atoms with Gasteiger partial charge in [-0.3, -0.25) is 19.2 Å². The van der Waals surface area contributed by atoms with E-state index in [4.69, 9.17) is 14.3 Å². The summed E-state index contributed by atoms with van der Waals surface area (Å²) in [5.41, 5.74) is -0.260. The molecule has 1 aromatic heterocycles. The number of hydrogen-bond donors (Lipinski definition) is 1. The Bertz CT molecular complexity index is 1870. The average Bonchev–Trinajstić information content (AvgIpc) is 3.48. The molecule has 1 atom stereocenters. The van der Waals surface area contributed by atoms with Gasteiger partial charge in [-0.1, -0.05) is 29.8 Å². The van der Waals surface area contributed by atoms with Gasteiger partial charge in [0.25, 0.3) is 16.3 Å². The minimum Gasteiger partial charge on any atom is -0.569 e. The summed E-state index contributed by atoms with van der Waals surface area (Å²) >= 11 is 0. The van der Waals surface area contributed by atoms with Crippen molar-refractivity contribution in [3.63, 3.8) is 0 Å². The second kappa shape index (κ2) is 15.4. The lowest BCUT2D eigenvalue weighted by molar-refractivity contribution is -0.728. The summed E-state index contributed by atoms with van der Waals surface area (Å²) in [6.07, 6.45) is -6.76. The third-order valence-electron chi connectivity index (χ3n) is 7.35. The van der Waals surface area contributed by atoms with Crippen LogP contribution in [-0.4, -0.2) is 72.0 Å². The van der Waals surface area contributed by atoms with Gasteiger partial charge in [0.1, 0.15) is 0 Å². The lowest BCUT2D eigenvalue weighted by atomic mass is 9.97. The summed E-state index contributed by atoms with van der Waals surface area (Å²) < 4.78 is 79.2. The molecule has 3 aromatic rings. The number of amides is 1. The van der Waals surface area contributed by atoms with Crippen molar-refractivity contribution in [3.05, 3.63) is 71.1 Å². The molecule has 0 spiro atoms. The lowest BCUT2D eigenvalue weighted by Crippen LogP contribution is -2.52. The summed E-state index contributed by atoms with van der Waals surface area (Å²) in [4.78, 5) is 41.1. The van der Waals surface area contributed by atoms with E-state index in [2.05, 4.69) is 10.4 Å². The Kier molecular flexibility index (Phi) is 11.6. The number of aromatic nitrogens is 2. The standard InChI is InChI=1S/C32H37F3N6O9S/c1-20-6-8-23(9-7-20)26-16-27(32(33,34)35)36-40(26)24-10-12-25(13-11-24)51(46,47)37-28(42)14-15-29(43)48-19-22-17-39(18-22)41(45)38-50-21(2)49-30(44)31(3,4)5/h6-13,16,21-22H,14-15,17-19H2,1-5H3,(H,37,42). The minimum absolute atomic E-state index is 0.0672. The third-order valence-corrected chi connectivity index (χ3v) is 8.74. The number of aryl methyl sites for hydroxylation is 1. The topological polar surface area (TPSA) is 185 Å². The van der Waals surface area contributed by atoms with Gasteiger partial charge in [-0.25, -0.2) is 17.8 Å². The smallest absolute Gasteiger partial charge is 0.435 e. The molecule has 15 nitrogen and oxygen atoms in total. The first-order chi connectivity index (χ1) is 23.7. The van der Waals surface area contributed by atoms with Crippen LogP contribution in [0.25, 0.3) is 16.9 Å². The molecule has 0 radical (unpaired) electrons. The first-order valence-electron chi connectivity index (χ1n) is 15.6. The second-order valence-corrected chi connectivity index (χ2v) is 14.5. The Morgan fingerprint density at radius 3 is 2.27 bits per heavy atom. The molecule has 2 aromatic carbocycles. The van der Waals surface area contributed by atoms with Gasteiger partial charge >= 0.3 is 18.1 Å². The van der Waals surface area contributed by atoms with E-state index < -0.39 is 64.3 Å². The van der Waals surface area contributed by atoms with E-state index in [9.17, 15) is 41.2 Å². The number of carbonyl (C=O) groups is 3. The highest BCUT2D eigenvalue weighted by Crippen LogP contribution is 2.33. The van der Waals surface area contributed by atoms with Gasteiger partial charge in [0.2, 0.25) is 11.2 Å². The highest BCUT2D eigenvalue weighted by molar-refractivity contribution is 7.90. The van der Waals surface area contributed by atoms with E-state index in [0.29, 0.717) is 5.56 Å². The molecule has 0 bridgehead atoms. The number of hydrazine groups is 1. The fraction of sp³-hybridized carbons (Fsp3) is 0.438. The molecular formula is C32H37F3N6O9S. The van der Waals surface area contributed by atoms with Gasteiger partial charge < -0.3 is 14.7 Å². The molecular weight excluding hydrogens is 701 g/mol. The van der Waals surface area contributed by atoms with E-state index >= 15 is 0 Å². The minimum atomic E-state index is -4.72. The molecule has 1 N–H and O–H groups in total. The first-order valence-corrected chi connectivity index (χ1v) is 17.1. The summed E-state index contributed by atoms with van der Waals surface area (Å²) in [6, 6.07) is 12.4. The van der Waals surface area contributed by atoms with Crippen molar-refractivity contribution in [3.8, 4) is 16.9 Å². The van der Waals surface area contributed by atoms with Crippen LogP contribution in [0.1, 0.15) is 51.8 Å². The van der Waals surface area contributed by atoms with Crippen molar-refractivity contribution < 1.29 is 55.3 Å². The van der Waals surface area contributed by atoms with Crippen LogP contribution in [0.4, 0.5) is 13.2 Å². The van der Waals surface area contributed by atoms with Crippen molar-refractivity contribution in [1.82, 2.24) is 19.5 Å². The van der Waals surface area contributed by atoms with Crippen LogP contribution < -0.4 is 4.72 Å². The molecule has 1 amide bonds. The molecule has 1 unspecified atom stereocenters. The number of esters is 2. The molecule has 0 saturated carbocycles. The largest absolute Gasteiger partial charge is 0.569 e. The zero-order valence-corrected chi connectivity index (χ0v) is 29.2. The van der Waals surface area contributed by atoms with Gasteiger partial charge in [-0.15, -0.1) is 5.01 Å². The van der Waals surface area contributed by atoms with Crippen LogP contribution in [-0.2, 0) is 44.9 Å². The Labute approximate surface area is 291 Å². The van der Waals surface area contributed by atoms with Crippen LogP contribution in [0.2, 0.25) is 0 Å². The van der Waals surface area contributed by atoms with E-state index in [1.165, 1.54) is 24.1 Å². The summed E-state index contributed by atoms with van der Waals surface area (Å²) in [7, 11) is -4.39. The van der Waals surface area contributed by atoms with Crippen LogP contribution >= 0.6 is 0 Å². The number of alkyl halides is 3. The fourth-order valence-corrected chi connectivity index (χ4v) is 5.48. The van der Waals surface area contributed by atoms with Crippen LogP contribution in [0.3, 0.4) is 0 Å².